The molecule has 0 heterocycles. The summed E-state index contributed by atoms with van der Waals surface area (Å²) in [5, 5.41) is 5.46. The highest BCUT2D eigenvalue weighted by atomic mass is 28.3. The first kappa shape index (κ1) is 26.0. The molecule has 4 aromatic carbocycles. The van der Waals surface area contributed by atoms with Gasteiger partial charge in [0, 0.05) is 11.4 Å². The first-order chi connectivity index (χ1) is 18.4. The third kappa shape index (κ3) is 4.27. The molecule has 1 aliphatic rings. The van der Waals surface area contributed by atoms with E-state index in [1.165, 1.54) is 55.4 Å². The minimum Gasteiger partial charge on any atom is -0.355 e. The van der Waals surface area contributed by atoms with Crippen molar-refractivity contribution >= 4 is 25.4 Å². The third-order valence-electron chi connectivity index (χ3n) is 8.55. The van der Waals surface area contributed by atoms with Gasteiger partial charge in [-0.15, -0.1) is 0 Å². The standard InChI is InChI=1S/C36H39NSi/c1-25-26(2)28(4)35(37-31-21-11-8-12-22-31)34(27(25)3)36(30-19-13-14-20-30,29-17-9-7-10-18-29)32-23-15-16-24-33(32)38(5)6/h7-19,21-24,37-38H,20H2,1-6H3. The zero-order valence-corrected chi connectivity index (χ0v) is 24.8. The second kappa shape index (κ2) is 10.6. The molecule has 1 aliphatic carbocycles. The lowest BCUT2D eigenvalue weighted by molar-refractivity contribution is 0.709. The monoisotopic (exact) mass is 513 g/mol. The first-order valence-corrected chi connectivity index (χ1v) is 16.7. The Labute approximate surface area is 230 Å². The van der Waals surface area contributed by atoms with Crippen LogP contribution in [0.25, 0.3) is 0 Å². The highest BCUT2D eigenvalue weighted by Gasteiger charge is 2.45. The van der Waals surface area contributed by atoms with Crippen LogP contribution in [0.5, 0.6) is 0 Å². The molecule has 1 atom stereocenters. The van der Waals surface area contributed by atoms with E-state index in [9.17, 15) is 0 Å². The Morgan fingerprint density at radius 2 is 1.29 bits per heavy atom. The fourth-order valence-corrected chi connectivity index (χ4v) is 7.74. The van der Waals surface area contributed by atoms with Crippen molar-refractivity contribution < 1.29 is 0 Å². The minimum absolute atomic E-state index is 0.414. The van der Waals surface area contributed by atoms with Crippen molar-refractivity contribution in [2.75, 3.05) is 5.32 Å². The van der Waals surface area contributed by atoms with Gasteiger partial charge in [0.05, 0.1) is 14.2 Å². The fourth-order valence-electron chi connectivity index (χ4n) is 6.31. The lowest BCUT2D eigenvalue weighted by Crippen LogP contribution is -2.41. The molecule has 192 valence electrons. The Bertz CT molecular complexity index is 1510. The third-order valence-corrected chi connectivity index (χ3v) is 10.3. The normalized spacial score (nSPS) is 14.4. The summed E-state index contributed by atoms with van der Waals surface area (Å²) in [5.74, 6) is 0. The van der Waals surface area contributed by atoms with Crippen LogP contribution in [0.4, 0.5) is 11.4 Å². The maximum Gasteiger partial charge on any atom is 0.0689 e. The Morgan fingerprint density at radius 1 is 0.684 bits per heavy atom. The summed E-state index contributed by atoms with van der Waals surface area (Å²) in [6.07, 6.45) is 7.88. The molecular weight excluding hydrogens is 474 g/mol. The Balaban J connectivity index is 2.00. The molecule has 4 aromatic rings. The average Bonchev–Trinajstić information content (AvgIpc) is 3.49. The maximum absolute atomic E-state index is 3.93. The van der Waals surface area contributed by atoms with E-state index in [4.69, 9.17) is 0 Å². The number of anilines is 2. The lowest BCUT2D eigenvalue weighted by atomic mass is 9.61. The molecule has 0 amide bonds. The zero-order valence-electron chi connectivity index (χ0n) is 23.6. The van der Waals surface area contributed by atoms with Crippen molar-refractivity contribution in [3.8, 4) is 0 Å². The molecular formula is C36H39NSi. The number of hydrogen-bond acceptors (Lipinski definition) is 1. The van der Waals surface area contributed by atoms with E-state index < -0.39 is 14.2 Å². The number of nitrogens with one attached hydrogen (secondary N) is 1. The van der Waals surface area contributed by atoms with Crippen LogP contribution in [0, 0.1) is 27.7 Å². The molecule has 5 rings (SSSR count). The molecule has 0 aliphatic heterocycles. The fraction of sp³-hybridized carbons (Fsp3) is 0.222. The molecule has 38 heavy (non-hydrogen) atoms. The number of para-hydroxylation sites is 1. The van der Waals surface area contributed by atoms with Gasteiger partial charge in [-0.3, -0.25) is 0 Å². The SMILES string of the molecule is Cc1c(C)c(C)c(C(C2=CC=CC2)(c2ccccc2)c2ccccc2[SiH](C)C)c(Nc2ccccc2)c1C. The van der Waals surface area contributed by atoms with E-state index in [-0.39, 0.29) is 0 Å². The maximum atomic E-state index is 3.93. The molecule has 0 spiro atoms. The van der Waals surface area contributed by atoms with Crippen molar-refractivity contribution in [2.45, 2.75) is 52.6 Å². The summed E-state index contributed by atoms with van der Waals surface area (Å²) in [4.78, 5) is 0. The smallest absolute Gasteiger partial charge is 0.0689 e. The van der Waals surface area contributed by atoms with Crippen LogP contribution >= 0.6 is 0 Å². The van der Waals surface area contributed by atoms with Gasteiger partial charge in [0.15, 0.2) is 0 Å². The first-order valence-electron chi connectivity index (χ1n) is 13.8. The van der Waals surface area contributed by atoms with Crippen LogP contribution in [0.2, 0.25) is 13.1 Å². The molecule has 1 N–H and O–H groups in total. The predicted molar refractivity (Wildman–Crippen MR) is 168 cm³/mol. The van der Waals surface area contributed by atoms with E-state index in [1.54, 1.807) is 0 Å². The molecule has 0 radical (unpaired) electrons. The molecule has 1 unspecified atom stereocenters. The quantitative estimate of drug-likeness (QED) is 0.193. The number of rotatable bonds is 7. The Morgan fingerprint density at radius 3 is 1.92 bits per heavy atom. The van der Waals surface area contributed by atoms with Crippen LogP contribution in [-0.4, -0.2) is 8.80 Å². The van der Waals surface area contributed by atoms with Gasteiger partial charge in [-0.1, -0.05) is 109 Å². The summed E-state index contributed by atoms with van der Waals surface area (Å²) in [6, 6.07) is 31.1. The van der Waals surface area contributed by atoms with Crippen molar-refractivity contribution in [3.63, 3.8) is 0 Å². The zero-order chi connectivity index (χ0) is 26.9. The number of allylic oxidation sites excluding steroid dienone is 4. The van der Waals surface area contributed by atoms with Gasteiger partial charge in [0.1, 0.15) is 0 Å². The van der Waals surface area contributed by atoms with Gasteiger partial charge in [0.2, 0.25) is 0 Å². The van der Waals surface area contributed by atoms with Crippen LogP contribution < -0.4 is 10.5 Å². The average molecular weight is 514 g/mol. The van der Waals surface area contributed by atoms with Gasteiger partial charge in [0.25, 0.3) is 0 Å². The van der Waals surface area contributed by atoms with E-state index in [1.807, 2.05) is 0 Å². The summed E-state index contributed by atoms with van der Waals surface area (Å²) in [5.41, 5.74) is 12.9. The van der Waals surface area contributed by atoms with Crippen molar-refractivity contribution in [1.82, 2.24) is 0 Å². The number of benzene rings is 4. The van der Waals surface area contributed by atoms with Crippen molar-refractivity contribution in [3.05, 3.63) is 148 Å². The van der Waals surface area contributed by atoms with Gasteiger partial charge < -0.3 is 5.32 Å². The second-order valence-electron chi connectivity index (χ2n) is 10.9. The van der Waals surface area contributed by atoms with E-state index in [0.717, 1.165) is 12.1 Å². The van der Waals surface area contributed by atoms with E-state index >= 15 is 0 Å². The van der Waals surface area contributed by atoms with Gasteiger partial charge in [-0.25, -0.2) is 0 Å². The van der Waals surface area contributed by atoms with Crippen molar-refractivity contribution in [1.29, 1.82) is 0 Å². The highest BCUT2D eigenvalue weighted by molar-refractivity contribution is 6.71. The van der Waals surface area contributed by atoms with Gasteiger partial charge in [-0.2, -0.15) is 0 Å². The summed E-state index contributed by atoms with van der Waals surface area (Å²) in [6.45, 7) is 14.1. The second-order valence-corrected chi connectivity index (χ2v) is 13.9. The predicted octanol–water partition coefficient (Wildman–Crippen LogP) is 8.58. The largest absolute Gasteiger partial charge is 0.355 e. The molecule has 1 nitrogen and oxygen atoms in total. The number of hydrogen-bond donors (Lipinski definition) is 1. The molecule has 2 heteroatoms. The summed E-state index contributed by atoms with van der Waals surface area (Å²) >= 11 is 0. The molecule has 0 fully saturated rings. The molecule has 0 aromatic heterocycles. The van der Waals surface area contributed by atoms with E-state index in [0.29, 0.717) is 0 Å². The summed E-state index contributed by atoms with van der Waals surface area (Å²) in [7, 11) is -1.16. The summed E-state index contributed by atoms with van der Waals surface area (Å²) < 4.78 is 0. The molecule has 0 saturated heterocycles. The topological polar surface area (TPSA) is 12.0 Å². The molecule has 0 saturated carbocycles. The van der Waals surface area contributed by atoms with Gasteiger partial charge >= 0.3 is 0 Å². The Kier molecular flexibility index (Phi) is 7.27. The van der Waals surface area contributed by atoms with E-state index in [2.05, 4.69) is 149 Å². The lowest BCUT2D eigenvalue weighted by Gasteiger charge is -2.43. The van der Waals surface area contributed by atoms with Crippen molar-refractivity contribution in [2.24, 2.45) is 0 Å². The van der Waals surface area contributed by atoms with Crippen LogP contribution in [0.15, 0.2) is 109 Å². The van der Waals surface area contributed by atoms with Gasteiger partial charge in [-0.05, 0) is 90.8 Å². The molecule has 0 bridgehead atoms. The highest BCUT2D eigenvalue weighted by Crippen LogP contribution is 2.53. The van der Waals surface area contributed by atoms with Crippen LogP contribution in [-0.2, 0) is 5.41 Å². The van der Waals surface area contributed by atoms with Crippen LogP contribution in [0.3, 0.4) is 0 Å². The van der Waals surface area contributed by atoms with Crippen LogP contribution in [0.1, 0.15) is 45.4 Å². The Hall–Kier alpha value is -3.62. The minimum atomic E-state index is -1.16.